The van der Waals surface area contributed by atoms with Crippen molar-refractivity contribution in [2.75, 3.05) is 5.32 Å². The third-order valence-electron chi connectivity index (χ3n) is 3.55. The molecule has 0 saturated carbocycles. The molecule has 2 N–H and O–H groups in total. The zero-order chi connectivity index (χ0) is 15.7. The van der Waals surface area contributed by atoms with E-state index in [-0.39, 0.29) is 4.90 Å². The van der Waals surface area contributed by atoms with Gasteiger partial charge in [0.25, 0.3) is 10.1 Å². The van der Waals surface area contributed by atoms with Crippen LogP contribution in [0, 0.1) is 6.92 Å². The summed E-state index contributed by atoms with van der Waals surface area (Å²) < 4.78 is 33.4. The third kappa shape index (κ3) is 2.68. The summed E-state index contributed by atoms with van der Waals surface area (Å²) in [4.78, 5) is -0.103. The van der Waals surface area contributed by atoms with Crippen molar-refractivity contribution in [3.8, 4) is 0 Å². The number of aryl methyl sites for hydroxylation is 1. The molecule has 0 aliphatic rings. The van der Waals surface area contributed by atoms with Gasteiger partial charge in [-0.05, 0) is 30.0 Å². The largest absolute Gasteiger partial charge is 0.354 e. The van der Waals surface area contributed by atoms with Gasteiger partial charge in [-0.15, -0.1) is 0 Å². The molecule has 0 aliphatic heterocycles. The second-order valence-corrected chi connectivity index (χ2v) is 6.44. The van der Waals surface area contributed by atoms with E-state index in [0.29, 0.717) is 11.1 Å². The van der Waals surface area contributed by atoms with Crippen LogP contribution < -0.4 is 5.32 Å². The van der Waals surface area contributed by atoms with Gasteiger partial charge in [0.15, 0.2) is 0 Å². The summed E-state index contributed by atoms with van der Waals surface area (Å²) in [5.74, 6) is 0. The first-order chi connectivity index (χ1) is 10.5. The van der Waals surface area contributed by atoms with Gasteiger partial charge in [-0.2, -0.15) is 8.42 Å². The van der Waals surface area contributed by atoms with Crippen molar-refractivity contribution in [2.24, 2.45) is 0 Å². The van der Waals surface area contributed by atoms with E-state index in [9.17, 15) is 13.0 Å². The lowest BCUT2D eigenvalue weighted by molar-refractivity contribution is 0.484. The topological polar surface area (TPSA) is 66.4 Å². The zero-order valence-corrected chi connectivity index (χ0v) is 12.8. The molecule has 3 rings (SSSR count). The van der Waals surface area contributed by atoms with Crippen molar-refractivity contribution in [2.45, 2.75) is 11.8 Å². The second-order valence-electron chi connectivity index (χ2n) is 5.08. The predicted molar refractivity (Wildman–Crippen MR) is 88.2 cm³/mol. The minimum absolute atomic E-state index is 0.103. The number of rotatable bonds is 3. The Bertz CT molecular complexity index is 949. The first-order valence-electron chi connectivity index (χ1n) is 6.79. The van der Waals surface area contributed by atoms with Crippen LogP contribution in [0.15, 0.2) is 65.6 Å². The van der Waals surface area contributed by atoms with Crippen molar-refractivity contribution in [3.63, 3.8) is 0 Å². The highest BCUT2D eigenvalue weighted by molar-refractivity contribution is 7.86. The Labute approximate surface area is 129 Å². The SMILES string of the molecule is Cc1ccccc1Nc1ccc2ccccc2c1S(=O)(=O)O. The van der Waals surface area contributed by atoms with E-state index in [1.54, 1.807) is 18.2 Å². The molecule has 0 spiro atoms. The molecule has 3 aromatic rings. The molecule has 0 heterocycles. The molecule has 0 unspecified atom stereocenters. The highest BCUT2D eigenvalue weighted by atomic mass is 32.2. The van der Waals surface area contributed by atoms with Gasteiger partial charge in [-0.3, -0.25) is 4.55 Å². The van der Waals surface area contributed by atoms with Gasteiger partial charge in [0.05, 0.1) is 5.69 Å². The molecule has 0 fully saturated rings. The van der Waals surface area contributed by atoms with E-state index < -0.39 is 10.1 Å². The number of hydrogen-bond acceptors (Lipinski definition) is 3. The number of fused-ring (bicyclic) bond motifs is 1. The standard InChI is InChI=1S/C17H15NO3S/c1-12-6-2-5-9-15(12)18-16-11-10-13-7-3-4-8-14(13)17(16)22(19,20)21/h2-11,18H,1H3,(H,19,20,21). The Morgan fingerprint density at radius 2 is 1.55 bits per heavy atom. The first kappa shape index (κ1) is 14.6. The Kier molecular flexibility index (Phi) is 3.60. The fourth-order valence-corrected chi connectivity index (χ4v) is 3.34. The Hall–Kier alpha value is -2.37. The highest BCUT2D eigenvalue weighted by Gasteiger charge is 2.19. The van der Waals surface area contributed by atoms with Crippen LogP contribution >= 0.6 is 0 Å². The molecule has 112 valence electrons. The molecule has 0 bridgehead atoms. The van der Waals surface area contributed by atoms with Crippen LogP contribution in [0.5, 0.6) is 0 Å². The molecule has 0 atom stereocenters. The number of para-hydroxylation sites is 1. The second kappa shape index (κ2) is 5.44. The first-order valence-corrected chi connectivity index (χ1v) is 8.23. The fourth-order valence-electron chi connectivity index (χ4n) is 2.48. The fraction of sp³-hybridized carbons (Fsp3) is 0.0588. The zero-order valence-electron chi connectivity index (χ0n) is 11.9. The molecule has 5 heteroatoms. The minimum Gasteiger partial charge on any atom is -0.354 e. The summed E-state index contributed by atoms with van der Waals surface area (Å²) >= 11 is 0. The highest BCUT2D eigenvalue weighted by Crippen LogP contribution is 2.32. The summed E-state index contributed by atoms with van der Waals surface area (Å²) in [5, 5.41) is 4.34. The molecule has 0 aromatic heterocycles. The lowest BCUT2D eigenvalue weighted by Gasteiger charge is -2.14. The number of hydrogen-bond donors (Lipinski definition) is 2. The average Bonchev–Trinajstić information content (AvgIpc) is 2.48. The Balaban J connectivity index is 2.24. The summed E-state index contributed by atoms with van der Waals surface area (Å²) in [7, 11) is -4.36. The lowest BCUT2D eigenvalue weighted by Crippen LogP contribution is -2.05. The van der Waals surface area contributed by atoms with Gasteiger partial charge in [0.2, 0.25) is 0 Å². The van der Waals surface area contributed by atoms with Crippen LogP contribution in [0.25, 0.3) is 10.8 Å². The molecule has 0 amide bonds. The summed E-state index contributed by atoms with van der Waals surface area (Å²) in [5.41, 5.74) is 2.13. The molecule has 4 nitrogen and oxygen atoms in total. The molecule has 3 aromatic carbocycles. The number of nitrogens with one attached hydrogen (secondary N) is 1. The van der Waals surface area contributed by atoms with Gasteiger partial charge in [0, 0.05) is 11.1 Å². The van der Waals surface area contributed by atoms with Crippen LogP contribution in [0.1, 0.15) is 5.56 Å². The Morgan fingerprint density at radius 3 is 2.27 bits per heavy atom. The van der Waals surface area contributed by atoms with Crippen molar-refractivity contribution in [3.05, 3.63) is 66.2 Å². The van der Waals surface area contributed by atoms with Crippen molar-refractivity contribution >= 4 is 32.3 Å². The maximum Gasteiger partial charge on any atom is 0.297 e. The van der Waals surface area contributed by atoms with Crippen LogP contribution in [-0.4, -0.2) is 13.0 Å². The van der Waals surface area contributed by atoms with E-state index in [0.717, 1.165) is 16.6 Å². The quantitative estimate of drug-likeness (QED) is 0.713. The van der Waals surface area contributed by atoms with Crippen molar-refractivity contribution in [1.29, 1.82) is 0 Å². The van der Waals surface area contributed by atoms with Gasteiger partial charge in [-0.1, -0.05) is 48.5 Å². The van der Waals surface area contributed by atoms with Crippen LogP contribution in [-0.2, 0) is 10.1 Å². The molecule has 22 heavy (non-hydrogen) atoms. The van der Waals surface area contributed by atoms with Gasteiger partial charge < -0.3 is 5.32 Å². The molecule has 0 saturated heterocycles. The molecule has 0 radical (unpaired) electrons. The predicted octanol–water partition coefficient (Wildman–Crippen LogP) is 4.14. The maximum atomic E-state index is 11.9. The number of benzene rings is 3. The summed E-state index contributed by atoms with van der Waals surface area (Å²) in [6.07, 6.45) is 0. The number of anilines is 2. The average molecular weight is 313 g/mol. The Morgan fingerprint density at radius 1 is 0.864 bits per heavy atom. The van der Waals surface area contributed by atoms with E-state index in [1.165, 1.54) is 0 Å². The van der Waals surface area contributed by atoms with Crippen LogP contribution in [0.3, 0.4) is 0 Å². The van der Waals surface area contributed by atoms with Gasteiger partial charge >= 0.3 is 0 Å². The molecule has 0 aliphatic carbocycles. The minimum atomic E-state index is -4.36. The van der Waals surface area contributed by atoms with Crippen LogP contribution in [0.4, 0.5) is 11.4 Å². The van der Waals surface area contributed by atoms with E-state index in [4.69, 9.17) is 0 Å². The third-order valence-corrected chi connectivity index (χ3v) is 4.51. The van der Waals surface area contributed by atoms with Gasteiger partial charge in [-0.25, -0.2) is 0 Å². The molecular formula is C17H15NO3S. The van der Waals surface area contributed by atoms with Gasteiger partial charge in [0.1, 0.15) is 4.90 Å². The van der Waals surface area contributed by atoms with Crippen LogP contribution in [0.2, 0.25) is 0 Å². The van der Waals surface area contributed by atoms with E-state index >= 15 is 0 Å². The summed E-state index contributed by atoms with van der Waals surface area (Å²) in [6.45, 7) is 1.93. The van der Waals surface area contributed by atoms with Crippen molar-refractivity contribution < 1.29 is 13.0 Å². The van der Waals surface area contributed by atoms with E-state index in [1.807, 2.05) is 49.4 Å². The normalized spacial score (nSPS) is 11.5. The maximum absolute atomic E-state index is 11.9. The molecular weight excluding hydrogens is 298 g/mol. The smallest absolute Gasteiger partial charge is 0.297 e. The lowest BCUT2D eigenvalue weighted by atomic mass is 10.1. The summed E-state index contributed by atoms with van der Waals surface area (Å²) in [6, 6.07) is 18.1. The monoisotopic (exact) mass is 313 g/mol. The van der Waals surface area contributed by atoms with Crippen molar-refractivity contribution in [1.82, 2.24) is 0 Å². The van der Waals surface area contributed by atoms with E-state index in [2.05, 4.69) is 5.32 Å².